The number of amides is 2. The molecule has 1 heterocycles. The van der Waals surface area contributed by atoms with Gasteiger partial charge in [-0.05, 0) is 36.0 Å². The molecule has 1 aliphatic heterocycles. The molecule has 1 aromatic rings. The van der Waals surface area contributed by atoms with Gasteiger partial charge in [0.1, 0.15) is 6.10 Å². The summed E-state index contributed by atoms with van der Waals surface area (Å²) in [6, 6.07) is 7.37. The van der Waals surface area contributed by atoms with Crippen LogP contribution in [0.15, 0.2) is 24.3 Å². The monoisotopic (exact) mass is 290 g/mol. The molecule has 0 saturated carbocycles. The highest BCUT2D eigenvalue weighted by molar-refractivity contribution is 5.95. The molecule has 0 aliphatic carbocycles. The molecule has 1 aromatic carbocycles. The van der Waals surface area contributed by atoms with Gasteiger partial charge in [0.15, 0.2) is 0 Å². The Kier molecular flexibility index (Phi) is 4.63. The minimum absolute atomic E-state index is 0.0447. The molecule has 5 nitrogen and oxygen atoms in total. The van der Waals surface area contributed by atoms with Crippen LogP contribution in [0.4, 0.5) is 0 Å². The molecule has 1 unspecified atom stereocenters. The molecule has 0 radical (unpaired) electrons. The standard InChI is InChI=1S/C16H22N2O3/c1-16(2,3)12-8-6-11(7-9-12)14(19)17-18-15(20)13-5-4-10-21-13/h6-9,13H,4-5,10H2,1-3H3,(H,17,19)(H,18,20). The Morgan fingerprint density at radius 3 is 2.33 bits per heavy atom. The predicted octanol–water partition coefficient (Wildman–Crippen LogP) is 1.92. The van der Waals surface area contributed by atoms with E-state index in [1.807, 2.05) is 12.1 Å². The molecule has 0 bridgehead atoms. The topological polar surface area (TPSA) is 67.4 Å². The zero-order valence-electron chi connectivity index (χ0n) is 12.7. The van der Waals surface area contributed by atoms with Crippen LogP contribution in [0.5, 0.6) is 0 Å². The number of hydrogen-bond acceptors (Lipinski definition) is 3. The van der Waals surface area contributed by atoms with Crippen LogP contribution in [0.2, 0.25) is 0 Å². The van der Waals surface area contributed by atoms with Gasteiger partial charge in [-0.15, -0.1) is 0 Å². The van der Waals surface area contributed by atoms with Crippen LogP contribution in [0.25, 0.3) is 0 Å². The van der Waals surface area contributed by atoms with E-state index in [0.717, 1.165) is 12.0 Å². The predicted molar refractivity (Wildman–Crippen MR) is 79.7 cm³/mol. The molecule has 1 saturated heterocycles. The molecule has 1 atom stereocenters. The summed E-state index contributed by atoms with van der Waals surface area (Å²) in [4.78, 5) is 23.7. The summed E-state index contributed by atoms with van der Waals surface area (Å²) in [7, 11) is 0. The molecule has 21 heavy (non-hydrogen) atoms. The van der Waals surface area contributed by atoms with Gasteiger partial charge >= 0.3 is 0 Å². The summed E-state index contributed by atoms with van der Waals surface area (Å²) in [5.74, 6) is -0.631. The Bertz CT molecular complexity index is 511. The fourth-order valence-electron chi connectivity index (χ4n) is 2.18. The van der Waals surface area contributed by atoms with Crippen molar-refractivity contribution in [1.29, 1.82) is 0 Å². The maximum Gasteiger partial charge on any atom is 0.269 e. The van der Waals surface area contributed by atoms with Gasteiger partial charge in [-0.1, -0.05) is 32.9 Å². The second-order valence-corrected chi connectivity index (χ2v) is 6.27. The van der Waals surface area contributed by atoms with E-state index >= 15 is 0 Å². The van der Waals surface area contributed by atoms with E-state index in [-0.39, 0.29) is 17.2 Å². The highest BCUT2D eigenvalue weighted by Gasteiger charge is 2.23. The number of carbonyl (C=O) groups is 2. The third-order valence-electron chi connectivity index (χ3n) is 3.53. The lowest BCUT2D eigenvalue weighted by atomic mass is 9.87. The summed E-state index contributed by atoms with van der Waals surface area (Å²) >= 11 is 0. The van der Waals surface area contributed by atoms with Crippen molar-refractivity contribution in [2.45, 2.75) is 45.1 Å². The van der Waals surface area contributed by atoms with Crippen LogP contribution in [0, 0.1) is 0 Å². The molecule has 114 valence electrons. The van der Waals surface area contributed by atoms with Gasteiger partial charge in [0.2, 0.25) is 0 Å². The Morgan fingerprint density at radius 1 is 1.14 bits per heavy atom. The van der Waals surface area contributed by atoms with Gasteiger partial charge < -0.3 is 4.74 Å². The first-order valence-corrected chi connectivity index (χ1v) is 7.20. The zero-order chi connectivity index (χ0) is 15.5. The summed E-state index contributed by atoms with van der Waals surface area (Å²) in [6.45, 7) is 6.94. The summed E-state index contributed by atoms with van der Waals surface area (Å²) in [5.41, 5.74) is 6.53. The number of hydrogen-bond donors (Lipinski definition) is 2. The molecule has 0 aromatic heterocycles. The zero-order valence-corrected chi connectivity index (χ0v) is 12.7. The van der Waals surface area contributed by atoms with Crippen molar-refractivity contribution in [2.75, 3.05) is 6.61 Å². The highest BCUT2D eigenvalue weighted by atomic mass is 16.5. The summed E-state index contributed by atoms with van der Waals surface area (Å²) in [6.07, 6.45) is 1.12. The number of hydrazine groups is 1. The van der Waals surface area contributed by atoms with Gasteiger partial charge in [-0.25, -0.2) is 0 Å². The van der Waals surface area contributed by atoms with Gasteiger partial charge in [0, 0.05) is 12.2 Å². The van der Waals surface area contributed by atoms with Crippen molar-refractivity contribution < 1.29 is 14.3 Å². The average Bonchev–Trinajstić information content (AvgIpc) is 2.98. The van der Waals surface area contributed by atoms with Crippen LogP contribution in [-0.4, -0.2) is 24.5 Å². The van der Waals surface area contributed by atoms with E-state index in [1.165, 1.54) is 0 Å². The molecule has 1 aliphatic rings. The van der Waals surface area contributed by atoms with E-state index in [9.17, 15) is 9.59 Å². The van der Waals surface area contributed by atoms with Crippen molar-refractivity contribution >= 4 is 11.8 Å². The lowest BCUT2D eigenvalue weighted by Gasteiger charge is -2.19. The van der Waals surface area contributed by atoms with Crippen LogP contribution >= 0.6 is 0 Å². The summed E-state index contributed by atoms with van der Waals surface area (Å²) in [5, 5.41) is 0. The largest absolute Gasteiger partial charge is 0.368 e. The van der Waals surface area contributed by atoms with E-state index in [1.54, 1.807) is 12.1 Å². The maximum absolute atomic E-state index is 12.0. The van der Waals surface area contributed by atoms with Crippen LogP contribution in [-0.2, 0) is 14.9 Å². The second-order valence-electron chi connectivity index (χ2n) is 6.27. The van der Waals surface area contributed by atoms with Crippen molar-refractivity contribution in [3.63, 3.8) is 0 Å². The van der Waals surface area contributed by atoms with Crippen molar-refractivity contribution in [1.82, 2.24) is 10.9 Å². The SMILES string of the molecule is CC(C)(C)c1ccc(C(=O)NNC(=O)C2CCCO2)cc1. The number of benzene rings is 1. The van der Waals surface area contributed by atoms with Crippen LogP contribution in [0.3, 0.4) is 0 Å². The van der Waals surface area contributed by atoms with E-state index < -0.39 is 6.10 Å². The Morgan fingerprint density at radius 2 is 1.81 bits per heavy atom. The third-order valence-corrected chi connectivity index (χ3v) is 3.53. The molecule has 0 spiro atoms. The smallest absolute Gasteiger partial charge is 0.269 e. The van der Waals surface area contributed by atoms with E-state index in [2.05, 4.69) is 31.6 Å². The fourth-order valence-corrected chi connectivity index (χ4v) is 2.18. The minimum atomic E-state index is -0.450. The number of rotatable bonds is 2. The Balaban J connectivity index is 1.89. The van der Waals surface area contributed by atoms with Crippen LogP contribution in [0.1, 0.15) is 49.5 Å². The van der Waals surface area contributed by atoms with E-state index in [4.69, 9.17) is 4.74 Å². The maximum atomic E-state index is 12.0. The normalized spacial score (nSPS) is 18.3. The molecule has 2 rings (SSSR count). The average molecular weight is 290 g/mol. The van der Waals surface area contributed by atoms with Gasteiger partial charge in [0.05, 0.1) is 0 Å². The molecule has 5 heteroatoms. The molecule has 2 N–H and O–H groups in total. The quantitative estimate of drug-likeness (QED) is 0.818. The van der Waals surface area contributed by atoms with Crippen molar-refractivity contribution in [2.24, 2.45) is 0 Å². The number of nitrogens with one attached hydrogen (secondary N) is 2. The Labute approximate surface area is 125 Å². The van der Waals surface area contributed by atoms with Gasteiger partial charge in [-0.2, -0.15) is 0 Å². The van der Waals surface area contributed by atoms with Crippen molar-refractivity contribution in [3.8, 4) is 0 Å². The third kappa shape index (κ3) is 4.04. The minimum Gasteiger partial charge on any atom is -0.368 e. The van der Waals surface area contributed by atoms with Crippen molar-refractivity contribution in [3.05, 3.63) is 35.4 Å². The highest BCUT2D eigenvalue weighted by Crippen LogP contribution is 2.22. The number of ether oxygens (including phenoxy) is 1. The molecule has 1 fully saturated rings. The number of carbonyl (C=O) groups excluding carboxylic acids is 2. The van der Waals surface area contributed by atoms with Gasteiger partial charge in [-0.3, -0.25) is 20.4 Å². The molecule has 2 amide bonds. The summed E-state index contributed by atoms with van der Waals surface area (Å²) < 4.78 is 5.24. The first-order valence-electron chi connectivity index (χ1n) is 7.20. The molecular weight excluding hydrogens is 268 g/mol. The second kappa shape index (κ2) is 6.26. The lowest BCUT2D eigenvalue weighted by Crippen LogP contribution is -2.46. The van der Waals surface area contributed by atoms with E-state index in [0.29, 0.717) is 18.6 Å². The first-order chi connectivity index (χ1) is 9.88. The molecular formula is C16H22N2O3. The fraction of sp³-hybridized carbons (Fsp3) is 0.500. The van der Waals surface area contributed by atoms with Gasteiger partial charge in [0.25, 0.3) is 11.8 Å². The van der Waals surface area contributed by atoms with Crippen LogP contribution < -0.4 is 10.9 Å². The lowest BCUT2D eigenvalue weighted by molar-refractivity contribution is -0.130. The first kappa shape index (κ1) is 15.5. The Hall–Kier alpha value is -1.88.